The van der Waals surface area contributed by atoms with Gasteiger partial charge in [-0.25, -0.2) is 9.37 Å². The number of carbonyl (C=O) groups is 1. The molecule has 0 aliphatic heterocycles. The number of carbonyl (C=O) groups excluding carboxylic acids is 1. The van der Waals surface area contributed by atoms with Crippen molar-refractivity contribution in [1.29, 1.82) is 0 Å². The second-order valence-electron chi connectivity index (χ2n) is 7.01. The average Bonchev–Trinajstić information content (AvgIpc) is 3.36. The number of alkyl halides is 1. The summed E-state index contributed by atoms with van der Waals surface area (Å²) in [5.74, 6) is 0.685. The second-order valence-corrected chi connectivity index (χ2v) is 8.08. The Morgan fingerprint density at radius 3 is 2.67 bits per heavy atom. The average molecular weight is 451 g/mol. The largest absolute Gasteiger partial charge is 0.349 e. The summed E-state index contributed by atoms with van der Waals surface area (Å²) in [5, 5.41) is 13.8. The van der Waals surface area contributed by atoms with Gasteiger partial charge in [0.2, 0.25) is 0 Å². The van der Waals surface area contributed by atoms with Gasteiger partial charge in [0, 0.05) is 30.0 Å². The summed E-state index contributed by atoms with van der Waals surface area (Å²) in [5.41, 5.74) is 1.05. The molecule has 0 aliphatic carbocycles. The molecule has 1 aromatic carbocycles. The van der Waals surface area contributed by atoms with E-state index in [1.54, 1.807) is 17.5 Å². The van der Waals surface area contributed by atoms with Crippen LogP contribution in [0.2, 0.25) is 0 Å². The molecule has 0 fully saturated rings. The third-order valence-corrected chi connectivity index (χ3v) is 5.60. The highest BCUT2D eigenvalue weighted by molar-refractivity contribution is 7.12. The van der Waals surface area contributed by atoms with E-state index in [-0.39, 0.29) is 17.8 Å². The molecule has 2 heterocycles. The first kappa shape index (κ1) is 22.3. The van der Waals surface area contributed by atoms with Crippen LogP contribution in [0.4, 0.5) is 4.39 Å². The highest BCUT2D eigenvalue weighted by Crippen LogP contribution is 2.26. The molecule has 0 saturated carbocycles. The van der Waals surface area contributed by atoms with Crippen molar-refractivity contribution in [1.82, 2.24) is 30.0 Å². The molecule has 0 radical (unpaired) electrons. The van der Waals surface area contributed by atoms with Crippen LogP contribution in [-0.2, 0) is 6.42 Å². The van der Waals surface area contributed by atoms with Crippen LogP contribution in [0.5, 0.6) is 0 Å². The zero-order valence-corrected chi connectivity index (χ0v) is 18.7. The molecule has 0 atom stereocenters. The Hall–Kier alpha value is -2.36. The number of likely N-dealkylation sites (N-methyl/N-ethyl adjacent to an activating group) is 1. The van der Waals surface area contributed by atoms with E-state index >= 15 is 0 Å². The lowest BCUT2D eigenvalue weighted by Crippen LogP contribution is -2.30. The Balaban J connectivity index is 1.99. The van der Waals surface area contributed by atoms with Crippen LogP contribution in [0.25, 0.3) is 16.5 Å². The summed E-state index contributed by atoms with van der Waals surface area (Å²) in [6.45, 7) is 7.35. The van der Waals surface area contributed by atoms with Crippen LogP contribution in [0.1, 0.15) is 37.1 Å². The number of aromatic nitrogens is 4. The van der Waals surface area contributed by atoms with Gasteiger partial charge in [-0.3, -0.25) is 14.3 Å². The maximum atomic E-state index is 13.4. The number of halogens is 2. The first-order valence-electron chi connectivity index (χ1n) is 9.68. The van der Waals surface area contributed by atoms with Crippen molar-refractivity contribution in [2.24, 2.45) is 0 Å². The molecule has 0 unspecified atom stereocenters. The third kappa shape index (κ3) is 5.21. The lowest BCUT2D eigenvalue weighted by molar-refractivity contribution is 0.0938. The topological polar surface area (TPSA) is 75.9 Å². The maximum absolute atomic E-state index is 13.4. The smallest absolute Gasteiger partial charge is 0.271 e. The minimum Gasteiger partial charge on any atom is -0.349 e. The van der Waals surface area contributed by atoms with Crippen molar-refractivity contribution in [3.05, 3.63) is 47.0 Å². The molecule has 7 nitrogen and oxygen atoms in total. The van der Waals surface area contributed by atoms with Crippen molar-refractivity contribution in [3.63, 3.8) is 0 Å². The number of thiazole rings is 1. The van der Waals surface area contributed by atoms with Crippen molar-refractivity contribution in [3.8, 4) is 16.5 Å². The second kappa shape index (κ2) is 10.1. The van der Waals surface area contributed by atoms with E-state index in [1.807, 2.05) is 25.3 Å². The van der Waals surface area contributed by atoms with Gasteiger partial charge >= 0.3 is 0 Å². The Morgan fingerprint density at radius 1 is 1.30 bits per heavy atom. The molecule has 160 valence electrons. The minimum atomic E-state index is -0.326. The highest BCUT2D eigenvalue weighted by atomic mass is 35.5. The van der Waals surface area contributed by atoms with E-state index in [4.69, 9.17) is 11.6 Å². The number of benzene rings is 1. The van der Waals surface area contributed by atoms with Crippen molar-refractivity contribution in [2.75, 3.05) is 19.1 Å². The molecule has 30 heavy (non-hydrogen) atoms. The molecule has 0 spiro atoms. The number of nitrogens with zero attached hydrogens (tertiary/aromatic N) is 5. The van der Waals surface area contributed by atoms with E-state index in [0.717, 1.165) is 6.54 Å². The summed E-state index contributed by atoms with van der Waals surface area (Å²) < 4.78 is 15.2. The van der Waals surface area contributed by atoms with E-state index < -0.39 is 0 Å². The fourth-order valence-corrected chi connectivity index (χ4v) is 3.95. The Labute approximate surface area is 183 Å². The first-order chi connectivity index (χ1) is 14.4. The fraction of sp³-hybridized carbons (Fsp3) is 0.400. The summed E-state index contributed by atoms with van der Waals surface area (Å²) in [4.78, 5) is 18.9. The van der Waals surface area contributed by atoms with Gasteiger partial charge in [-0.2, -0.15) is 0 Å². The van der Waals surface area contributed by atoms with E-state index in [0.29, 0.717) is 47.0 Å². The summed E-state index contributed by atoms with van der Waals surface area (Å²) in [6.07, 6.45) is 0.599. The van der Waals surface area contributed by atoms with E-state index in [2.05, 4.69) is 25.4 Å². The standard InChI is InChI=1S/C20H24ClFN6OS/c1-4-27(12-21)10-9-17-25-26-18(14-5-7-15(22)8-6-14)28(17)20-24-16(11-30-20)19(29)23-13(2)3/h5-8,11,13H,4,9-10,12H2,1-3H3,(H,23,29). The Bertz CT molecular complexity index is 984. The Morgan fingerprint density at radius 2 is 2.03 bits per heavy atom. The molecule has 1 N–H and O–H groups in total. The van der Waals surface area contributed by atoms with Gasteiger partial charge in [-0.15, -0.1) is 33.1 Å². The zero-order chi connectivity index (χ0) is 21.7. The number of nitrogens with one attached hydrogen (secondary N) is 1. The van der Waals surface area contributed by atoms with Crippen LogP contribution in [-0.4, -0.2) is 55.7 Å². The third-order valence-electron chi connectivity index (χ3n) is 4.44. The fourth-order valence-electron chi connectivity index (χ4n) is 2.83. The molecule has 1 amide bonds. The molecule has 0 aliphatic rings. The lowest BCUT2D eigenvalue weighted by Gasteiger charge is -2.16. The summed E-state index contributed by atoms with van der Waals surface area (Å²) in [7, 11) is 0. The van der Waals surface area contributed by atoms with Crippen LogP contribution in [0, 0.1) is 5.82 Å². The van der Waals surface area contributed by atoms with Crippen LogP contribution in [0.3, 0.4) is 0 Å². The predicted octanol–water partition coefficient (Wildman–Crippen LogP) is 3.73. The molecule has 3 rings (SSSR count). The summed E-state index contributed by atoms with van der Waals surface area (Å²) >= 11 is 7.31. The lowest BCUT2D eigenvalue weighted by atomic mass is 10.2. The first-order valence-corrected chi connectivity index (χ1v) is 11.1. The number of hydrogen-bond acceptors (Lipinski definition) is 6. The van der Waals surface area contributed by atoms with Gasteiger partial charge in [0.25, 0.3) is 5.91 Å². The SMILES string of the molecule is CCN(CCl)CCc1nnc(-c2ccc(F)cc2)n1-c1nc(C(=O)NC(C)C)cs1. The monoisotopic (exact) mass is 450 g/mol. The normalized spacial score (nSPS) is 11.4. The molecule has 0 bridgehead atoms. The summed E-state index contributed by atoms with van der Waals surface area (Å²) in [6, 6.07) is 6.49. The molecule has 2 aromatic heterocycles. The number of amides is 1. The van der Waals surface area contributed by atoms with Gasteiger partial charge in [0.15, 0.2) is 11.0 Å². The maximum Gasteiger partial charge on any atom is 0.271 e. The van der Waals surface area contributed by atoms with Gasteiger partial charge in [0.05, 0.1) is 6.00 Å². The van der Waals surface area contributed by atoms with Crippen molar-refractivity contribution in [2.45, 2.75) is 33.2 Å². The number of rotatable bonds is 9. The number of hydrogen-bond donors (Lipinski definition) is 1. The molecule has 10 heteroatoms. The van der Waals surface area contributed by atoms with Crippen LogP contribution >= 0.6 is 22.9 Å². The van der Waals surface area contributed by atoms with E-state index in [1.165, 1.54) is 23.5 Å². The molecule has 0 saturated heterocycles. The van der Waals surface area contributed by atoms with Crippen LogP contribution < -0.4 is 5.32 Å². The Kier molecular flexibility index (Phi) is 7.52. The van der Waals surface area contributed by atoms with Gasteiger partial charge in [-0.1, -0.05) is 6.92 Å². The quantitative estimate of drug-likeness (QED) is 0.397. The van der Waals surface area contributed by atoms with Gasteiger partial charge in [0.1, 0.15) is 17.3 Å². The van der Waals surface area contributed by atoms with Gasteiger partial charge in [-0.05, 0) is 44.7 Å². The minimum absolute atomic E-state index is 0.0125. The van der Waals surface area contributed by atoms with Crippen LogP contribution in [0.15, 0.2) is 29.6 Å². The highest BCUT2D eigenvalue weighted by Gasteiger charge is 2.20. The van der Waals surface area contributed by atoms with E-state index in [9.17, 15) is 9.18 Å². The van der Waals surface area contributed by atoms with Crippen molar-refractivity contribution >= 4 is 28.8 Å². The molecule has 3 aromatic rings. The van der Waals surface area contributed by atoms with Gasteiger partial charge < -0.3 is 5.32 Å². The predicted molar refractivity (Wildman–Crippen MR) is 117 cm³/mol. The van der Waals surface area contributed by atoms with Crippen molar-refractivity contribution < 1.29 is 9.18 Å². The molecular formula is C20H24ClFN6OS. The zero-order valence-electron chi connectivity index (χ0n) is 17.1. The molecular weight excluding hydrogens is 427 g/mol.